The van der Waals surface area contributed by atoms with Crippen molar-refractivity contribution >= 4 is 47.2 Å². The Labute approximate surface area is 190 Å². The average molecular weight is 545 g/mol. The van der Waals surface area contributed by atoms with Crippen LogP contribution in [-0.4, -0.2) is 85.1 Å². The maximum Gasteiger partial charge on any atom is 0.403 e. The lowest BCUT2D eigenvalue weighted by Crippen LogP contribution is -2.57. The van der Waals surface area contributed by atoms with Crippen molar-refractivity contribution in [3.63, 3.8) is 0 Å². The first kappa shape index (κ1) is 24.2. The molecule has 0 aromatic carbocycles. The highest BCUT2D eigenvalue weighted by Gasteiger charge is 2.41. The molecule has 29 heavy (non-hydrogen) atoms. The normalized spacial score (nSPS) is 19.4. The minimum atomic E-state index is -4.22. The SMILES string of the molecule is CN=C(NCC(=O)N1CCc2sccc2C1)N1CCN(C(C)C(F)(F)F)CC1.I. The van der Waals surface area contributed by atoms with E-state index in [-0.39, 0.29) is 36.4 Å². The standard InChI is InChI=1S/C18H26F3N5OS.HI/c1-13(18(19,20)21)24-6-8-25(9-7-24)17(22-2)23-11-16(27)26-5-3-15-14(12-26)4-10-28-15;/h4,10,13H,3,5-9,11-12H2,1-2H3,(H,22,23);1H. The minimum Gasteiger partial charge on any atom is -0.347 e. The fraction of sp³-hybridized carbons (Fsp3) is 0.667. The molecule has 2 aliphatic heterocycles. The molecule has 0 radical (unpaired) electrons. The summed E-state index contributed by atoms with van der Waals surface area (Å²) in [6.07, 6.45) is -3.34. The van der Waals surface area contributed by atoms with Crippen LogP contribution in [0.3, 0.4) is 0 Å². The Kier molecular flexibility index (Phi) is 8.59. The first-order valence-electron chi connectivity index (χ1n) is 9.39. The number of thiophene rings is 1. The molecule has 1 fully saturated rings. The summed E-state index contributed by atoms with van der Waals surface area (Å²) < 4.78 is 38.6. The van der Waals surface area contributed by atoms with E-state index in [1.165, 1.54) is 22.3 Å². The summed E-state index contributed by atoms with van der Waals surface area (Å²) in [7, 11) is 1.62. The van der Waals surface area contributed by atoms with Gasteiger partial charge < -0.3 is 15.1 Å². The summed E-state index contributed by atoms with van der Waals surface area (Å²) in [6, 6.07) is 0.611. The molecule has 0 aliphatic carbocycles. The zero-order valence-corrected chi connectivity index (χ0v) is 19.7. The van der Waals surface area contributed by atoms with Crippen LogP contribution >= 0.6 is 35.3 Å². The summed E-state index contributed by atoms with van der Waals surface area (Å²) in [4.78, 5) is 23.3. The second kappa shape index (κ2) is 10.3. The van der Waals surface area contributed by atoms with E-state index in [0.29, 0.717) is 45.2 Å². The van der Waals surface area contributed by atoms with Crippen molar-refractivity contribution in [1.82, 2.24) is 20.0 Å². The van der Waals surface area contributed by atoms with E-state index in [2.05, 4.69) is 21.8 Å². The fourth-order valence-corrected chi connectivity index (χ4v) is 4.48. The van der Waals surface area contributed by atoms with Crippen molar-refractivity contribution in [3.8, 4) is 0 Å². The fourth-order valence-electron chi connectivity index (χ4n) is 3.59. The van der Waals surface area contributed by atoms with Crippen LogP contribution in [0, 0.1) is 0 Å². The number of nitrogens with zero attached hydrogens (tertiary/aromatic N) is 4. The second-order valence-electron chi connectivity index (χ2n) is 7.08. The molecule has 2 aliphatic rings. The topological polar surface area (TPSA) is 51.2 Å². The Morgan fingerprint density at radius 1 is 1.24 bits per heavy atom. The van der Waals surface area contributed by atoms with Crippen LogP contribution < -0.4 is 5.32 Å². The Bertz CT molecular complexity index is 719. The van der Waals surface area contributed by atoms with E-state index in [1.54, 1.807) is 18.4 Å². The van der Waals surface area contributed by atoms with Gasteiger partial charge in [0.15, 0.2) is 5.96 Å². The molecule has 1 aromatic rings. The van der Waals surface area contributed by atoms with E-state index in [0.717, 1.165) is 6.42 Å². The number of hydrogen-bond acceptors (Lipinski definition) is 4. The van der Waals surface area contributed by atoms with Gasteiger partial charge in [0.25, 0.3) is 0 Å². The molecular weight excluding hydrogens is 518 g/mol. The van der Waals surface area contributed by atoms with Crippen LogP contribution in [0.5, 0.6) is 0 Å². The predicted molar refractivity (Wildman–Crippen MR) is 119 cm³/mol. The zero-order valence-electron chi connectivity index (χ0n) is 16.5. The van der Waals surface area contributed by atoms with Gasteiger partial charge in [0.05, 0.1) is 6.54 Å². The molecule has 3 heterocycles. The molecule has 0 spiro atoms. The highest BCUT2D eigenvalue weighted by Crippen LogP contribution is 2.25. The van der Waals surface area contributed by atoms with Gasteiger partial charge in [-0.1, -0.05) is 0 Å². The smallest absolute Gasteiger partial charge is 0.347 e. The highest BCUT2D eigenvalue weighted by molar-refractivity contribution is 14.0. The number of piperazine rings is 1. The van der Waals surface area contributed by atoms with E-state index in [4.69, 9.17) is 0 Å². The molecule has 1 amide bonds. The number of hydrogen-bond donors (Lipinski definition) is 1. The number of carbonyl (C=O) groups excluding carboxylic acids is 1. The highest BCUT2D eigenvalue weighted by atomic mass is 127. The molecule has 1 atom stereocenters. The van der Waals surface area contributed by atoms with Crippen LogP contribution in [0.25, 0.3) is 0 Å². The van der Waals surface area contributed by atoms with Crippen molar-refractivity contribution in [2.45, 2.75) is 32.1 Å². The predicted octanol–water partition coefficient (Wildman–Crippen LogP) is 2.39. The van der Waals surface area contributed by atoms with Gasteiger partial charge >= 0.3 is 6.18 Å². The summed E-state index contributed by atoms with van der Waals surface area (Å²) in [5.41, 5.74) is 1.21. The van der Waals surface area contributed by atoms with Gasteiger partial charge in [-0.15, -0.1) is 35.3 Å². The maximum atomic E-state index is 12.9. The van der Waals surface area contributed by atoms with Crippen molar-refractivity contribution in [1.29, 1.82) is 0 Å². The number of halogens is 4. The monoisotopic (exact) mass is 545 g/mol. The largest absolute Gasteiger partial charge is 0.403 e. The molecule has 0 bridgehead atoms. The minimum absolute atomic E-state index is 0. The third-order valence-corrected chi connectivity index (χ3v) is 6.43. The third-order valence-electron chi connectivity index (χ3n) is 5.41. The summed E-state index contributed by atoms with van der Waals surface area (Å²) in [6.45, 7) is 4.16. The van der Waals surface area contributed by atoms with E-state index < -0.39 is 12.2 Å². The van der Waals surface area contributed by atoms with Gasteiger partial charge in [0.2, 0.25) is 5.91 Å². The van der Waals surface area contributed by atoms with Gasteiger partial charge in [-0.3, -0.25) is 14.7 Å². The van der Waals surface area contributed by atoms with E-state index in [9.17, 15) is 18.0 Å². The van der Waals surface area contributed by atoms with Gasteiger partial charge in [0.1, 0.15) is 6.04 Å². The number of aliphatic imine (C=N–C) groups is 1. The molecule has 1 unspecified atom stereocenters. The number of fused-ring (bicyclic) bond motifs is 1. The first-order valence-corrected chi connectivity index (χ1v) is 10.3. The molecule has 3 rings (SSSR count). The van der Waals surface area contributed by atoms with Gasteiger partial charge in [-0.05, 0) is 30.4 Å². The molecule has 11 heteroatoms. The molecule has 164 valence electrons. The lowest BCUT2D eigenvalue weighted by atomic mass is 10.1. The molecule has 6 nitrogen and oxygen atoms in total. The summed E-state index contributed by atoms with van der Waals surface area (Å²) in [5, 5.41) is 5.13. The lowest BCUT2D eigenvalue weighted by Gasteiger charge is -2.39. The van der Waals surface area contributed by atoms with Crippen LogP contribution in [0.1, 0.15) is 17.4 Å². The Balaban J connectivity index is 0.00000300. The first-order chi connectivity index (χ1) is 13.3. The average Bonchev–Trinajstić information content (AvgIpc) is 3.15. The van der Waals surface area contributed by atoms with Gasteiger partial charge in [-0.2, -0.15) is 13.2 Å². The Hall–Kier alpha value is -1.08. The number of guanidine groups is 1. The third kappa shape index (κ3) is 5.97. The van der Waals surface area contributed by atoms with Crippen LogP contribution in [0.2, 0.25) is 0 Å². The van der Waals surface area contributed by atoms with Gasteiger partial charge in [-0.25, -0.2) is 0 Å². The lowest BCUT2D eigenvalue weighted by molar-refractivity contribution is -0.181. The van der Waals surface area contributed by atoms with Crippen molar-refractivity contribution in [2.24, 2.45) is 4.99 Å². The van der Waals surface area contributed by atoms with Crippen LogP contribution in [0.15, 0.2) is 16.4 Å². The molecule has 1 aromatic heterocycles. The quantitative estimate of drug-likeness (QED) is 0.360. The Morgan fingerprint density at radius 3 is 2.55 bits per heavy atom. The summed E-state index contributed by atoms with van der Waals surface area (Å²) in [5.74, 6) is 0.559. The zero-order chi connectivity index (χ0) is 20.3. The molecule has 1 saturated heterocycles. The van der Waals surface area contributed by atoms with Crippen molar-refractivity contribution in [2.75, 3.05) is 46.3 Å². The second-order valence-corrected chi connectivity index (χ2v) is 8.08. The number of rotatable bonds is 3. The Morgan fingerprint density at radius 2 is 1.93 bits per heavy atom. The van der Waals surface area contributed by atoms with Gasteiger partial charge in [0, 0.05) is 51.2 Å². The van der Waals surface area contributed by atoms with E-state index >= 15 is 0 Å². The van der Waals surface area contributed by atoms with Crippen LogP contribution in [0.4, 0.5) is 13.2 Å². The van der Waals surface area contributed by atoms with Crippen molar-refractivity contribution in [3.05, 3.63) is 21.9 Å². The number of nitrogens with one attached hydrogen (secondary N) is 1. The molecule has 1 N–H and O–H groups in total. The number of alkyl halides is 3. The molecule has 0 saturated carbocycles. The number of carbonyl (C=O) groups is 1. The van der Waals surface area contributed by atoms with Crippen molar-refractivity contribution < 1.29 is 18.0 Å². The van der Waals surface area contributed by atoms with Crippen LogP contribution in [-0.2, 0) is 17.8 Å². The maximum absolute atomic E-state index is 12.9. The number of amides is 1. The molecular formula is C18H27F3IN5OS. The summed E-state index contributed by atoms with van der Waals surface area (Å²) >= 11 is 1.73. The van der Waals surface area contributed by atoms with E-state index in [1.807, 2.05) is 9.80 Å².